The quantitative estimate of drug-likeness (QED) is 0.681. The van der Waals surface area contributed by atoms with Gasteiger partial charge in [-0.05, 0) is 17.9 Å². The molecule has 1 aromatic heterocycles. The van der Waals surface area contributed by atoms with Gasteiger partial charge in [0.25, 0.3) is 0 Å². The van der Waals surface area contributed by atoms with Gasteiger partial charge in [0.1, 0.15) is 0 Å². The van der Waals surface area contributed by atoms with E-state index in [1.807, 2.05) is 11.8 Å². The van der Waals surface area contributed by atoms with Gasteiger partial charge in [-0.3, -0.25) is 0 Å². The normalized spacial score (nSPS) is 10.6. The molecule has 1 heterocycles. The molecule has 0 aliphatic heterocycles. The van der Waals surface area contributed by atoms with Gasteiger partial charge in [0, 0.05) is 13.1 Å². The van der Waals surface area contributed by atoms with Crippen molar-refractivity contribution >= 4 is 17.7 Å². The molecule has 0 aliphatic carbocycles. The van der Waals surface area contributed by atoms with Gasteiger partial charge in [-0.15, -0.1) is 5.10 Å². The number of hydrogen-bond donors (Lipinski definition) is 2. The Balaban J connectivity index is 2.62. The first-order chi connectivity index (χ1) is 7.70. The van der Waals surface area contributed by atoms with E-state index in [9.17, 15) is 4.79 Å². The zero-order valence-corrected chi connectivity index (χ0v) is 10.0. The highest BCUT2D eigenvalue weighted by Crippen LogP contribution is 2.07. The van der Waals surface area contributed by atoms with Gasteiger partial charge < -0.3 is 10.8 Å². The lowest BCUT2D eigenvalue weighted by Gasteiger charge is -2.04. The molecule has 0 aromatic carbocycles. The molecule has 1 rings (SSSR count). The van der Waals surface area contributed by atoms with Crippen LogP contribution in [0.15, 0.2) is 0 Å². The van der Waals surface area contributed by atoms with Crippen molar-refractivity contribution in [2.45, 2.75) is 26.4 Å². The fourth-order valence-corrected chi connectivity index (χ4v) is 1.96. The Labute approximate surface area is 98.2 Å². The van der Waals surface area contributed by atoms with Crippen LogP contribution < -0.4 is 5.73 Å². The van der Waals surface area contributed by atoms with Crippen LogP contribution in [0, 0.1) is 0 Å². The number of aryl methyl sites for hydroxylation is 1. The number of nitrogens with two attached hydrogens (primary N) is 1. The summed E-state index contributed by atoms with van der Waals surface area (Å²) in [7, 11) is 0. The SMILES string of the molecule is CCSCCCn1nnc(C(=O)O)c1CN. The Kier molecular flexibility index (Phi) is 5.27. The predicted octanol–water partition coefficient (Wildman–Crippen LogP) is 0.578. The van der Waals surface area contributed by atoms with Gasteiger partial charge in [-0.1, -0.05) is 12.1 Å². The second kappa shape index (κ2) is 6.49. The monoisotopic (exact) mass is 244 g/mol. The summed E-state index contributed by atoms with van der Waals surface area (Å²) < 4.78 is 1.58. The number of aromatic nitrogens is 3. The Morgan fingerprint density at radius 2 is 2.38 bits per heavy atom. The van der Waals surface area contributed by atoms with Crippen LogP contribution in [0.1, 0.15) is 29.5 Å². The maximum atomic E-state index is 10.8. The molecule has 1 aromatic rings. The molecule has 0 saturated carbocycles. The van der Waals surface area contributed by atoms with Crippen LogP contribution in [-0.2, 0) is 13.1 Å². The Hall–Kier alpha value is -1.08. The van der Waals surface area contributed by atoms with Gasteiger partial charge in [0.05, 0.1) is 5.69 Å². The lowest BCUT2D eigenvalue weighted by molar-refractivity contribution is 0.0689. The summed E-state index contributed by atoms with van der Waals surface area (Å²) >= 11 is 1.84. The van der Waals surface area contributed by atoms with Crippen LogP contribution in [0.5, 0.6) is 0 Å². The van der Waals surface area contributed by atoms with E-state index in [0.29, 0.717) is 12.2 Å². The molecule has 0 bridgehead atoms. The number of hydrogen-bond acceptors (Lipinski definition) is 5. The second-order valence-electron chi connectivity index (χ2n) is 3.17. The van der Waals surface area contributed by atoms with Crippen molar-refractivity contribution in [1.29, 1.82) is 0 Å². The molecule has 16 heavy (non-hydrogen) atoms. The van der Waals surface area contributed by atoms with Gasteiger partial charge in [-0.25, -0.2) is 9.48 Å². The molecule has 6 nitrogen and oxygen atoms in total. The summed E-state index contributed by atoms with van der Waals surface area (Å²) in [6, 6.07) is 0. The van der Waals surface area contributed by atoms with E-state index in [-0.39, 0.29) is 12.2 Å². The average molecular weight is 244 g/mol. The van der Waals surface area contributed by atoms with Crippen LogP contribution in [0.2, 0.25) is 0 Å². The molecule has 0 atom stereocenters. The largest absolute Gasteiger partial charge is 0.476 e. The van der Waals surface area contributed by atoms with Crippen LogP contribution in [0.25, 0.3) is 0 Å². The number of rotatable bonds is 7. The molecule has 7 heteroatoms. The number of carboxylic acids is 1. The topological polar surface area (TPSA) is 94.0 Å². The van der Waals surface area contributed by atoms with Gasteiger partial charge in [-0.2, -0.15) is 11.8 Å². The number of carbonyl (C=O) groups is 1. The summed E-state index contributed by atoms with van der Waals surface area (Å²) in [6.07, 6.45) is 0.938. The highest BCUT2D eigenvalue weighted by Gasteiger charge is 2.16. The van der Waals surface area contributed by atoms with Crippen LogP contribution >= 0.6 is 11.8 Å². The van der Waals surface area contributed by atoms with Gasteiger partial charge in [0.15, 0.2) is 5.69 Å². The Bertz CT molecular complexity index is 353. The van der Waals surface area contributed by atoms with Crippen molar-refractivity contribution in [2.75, 3.05) is 11.5 Å². The molecular formula is C9H16N4O2S. The van der Waals surface area contributed by atoms with Gasteiger partial charge in [0.2, 0.25) is 0 Å². The minimum atomic E-state index is -1.07. The summed E-state index contributed by atoms with van der Waals surface area (Å²) in [5.74, 6) is 1.04. The molecule has 0 spiro atoms. The van der Waals surface area contributed by atoms with Crippen LogP contribution in [0.4, 0.5) is 0 Å². The predicted molar refractivity (Wildman–Crippen MR) is 62.5 cm³/mol. The van der Waals surface area contributed by atoms with E-state index >= 15 is 0 Å². The van der Waals surface area contributed by atoms with E-state index < -0.39 is 5.97 Å². The minimum Gasteiger partial charge on any atom is -0.476 e. The van der Waals surface area contributed by atoms with Crippen molar-refractivity contribution in [1.82, 2.24) is 15.0 Å². The van der Waals surface area contributed by atoms with E-state index in [2.05, 4.69) is 17.2 Å². The molecular weight excluding hydrogens is 228 g/mol. The molecule has 90 valence electrons. The molecule has 0 radical (unpaired) electrons. The van der Waals surface area contributed by atoms with Crippen molar-refractivity contribution in [2.24, 2.45) is 5.73 Å². The van der Waals surface area contributed by atoms with E-state index in [0.717, 1.165) is 17.9 Å². The van der Waals surface area contributed by atoms with Crippen LogP contribution in [0.3, 0.4) is 0 Å². The zero-order valence-electron chi connectivity index (χ0n) is 9.22. The highest BCUT2D eigenvalue weighted by atomic mass is 32.2. The standard InChI is InChI=1S/C9H16N4O2S/c1-2-16-5-3-4-13-7(6-10)8(9(14)15)11-12-13/h2-6,10H2,1H3,(H,14,15). The maximum absolute atomic E-state index is 10.8. The minimum absolute atomic E-state index is 0.0364. The van der Waals surface area contributed by atoms with Crippen molar-refractivity contribution < 1.29 is 9.90 Å². The Morgan fingerprint density at radius 1 is 1.62 bits per heavy atom. The lowest BCUT2D eigenvalue weighted by Crippen LogP contribution is -2.13. The van der Waals surface area contributed by atoms with Crippen molar-refractivity contribution in [3.8, 4) is 0 Å². The second-order valence-corrected chi connectivity index (χ2v) is 4.56. The molecule has 0 saturated heterocycles. The van der Waals surface area contributed by atoms with E-state index in [4.69, 9.17) is 10.8 Å². The smallest absolute Gasteiger partial charge is 0.358 e. The van der Waals surface area contributed by atoms with E-state index in [1.54, 1.807) is 4.68 Å². The fraction of sp³-hybridized carbons (Fsp3) is 0.667. The highest BCUT2D eigenvalue weighted by molar-refractivity contribution is 7.99. The first kappa shape index (κ1) is 13.0. The molecule has 0 amide bonds. The third-order valence-electron chi connectivity index (χ3n) is 2.10. The number of nitrogens with zero attached hydrogens (tertiary/aromatic N) is 3. The third-order valence-corrected chi connectivity index (χ3v) is 3.08. The first-order valence-electron chi connectivity index (χ1n) is 5.14. The zero-order chi connectivity index (χ0) is 12.0. The Morgan fingerprint density at radius 3 is 2.94 bits per heavy atom. The average Bonchev–Trinajstić information content (AvgIpc) is 2.67. The van der Waals surface area contributed by atoms with Gasteiger partial charge >= 0.3 is 5.97 Å². The van der Waals surface area contributed by atoms with Crippen LogP contribution in [-0.4, -0.2) is 37.6 Å². The number of aromatic carboxylic acids is 1. The van der Waals surface area contributed by atoms with Crippen molar-refractivity contribution in [3.63, 3.8) is 0 Å². The first-order valence-corrected chi connectivity index (χ1v) is 6.29. The molecule has 3 N–H and O–H groups in total. The number of thioether (sulfide) groups is 1. The molecule has 0 fully saturated rings. The summed E-state index contributed by atoms with van der Waals surface area (Å²) in [5, 5.41) is 16.3. The summed E-state index contributed by atoms with van der Waals surface area (Å²) in [6.45, 7) is 2.92. The van der Waals surface area contributed by atoms with Crippen molar-refractivity contribution in [3.05, 3.63) is 11.4 Å². The lowest BCUT2D eigenvalue weighted by atomic mass is 10.3. The van der Waals surface area contributed by atoms with E-state index in [1.165, 1.54) is 0 Å². The fourth-order valence-electron chi connectivity index (χ4n) is 1.34. The maximum Gasteiger partial charge on any atom is 0.358 e. The summed E-state index contributed by atoms with van der Waals surface area (Å²) in [4.78, 5) is 10.8. The molecule has 0 aliphatic rings. The third kappa shape index (κ3) is 3.21. The molecule has 0 unspecified atom stereocenters. The number of carboxylic acid groups (broad SMARTS) is 1. The summed E-state index contributed by atoms with van der Waals surface area (Å²) in [5.41, 5.74) is 5.95.